The number of ether oxygens (including phenoxy) is 1. The van der Waals surface area contributed by atoms with Crippen LogP contribution in [0, 0.1) is 0 Å². The van der Waals surface area contributed by atoms with Crippen LogP contribution < -0.4 is 0 Å². The van der Waals surface area contributed by atoms with Crippen molar-refractivity contribution in [3.63, 3.8) is 0 Å². The summed E-state index contributed by atoms with van der Waals surface area (Å²) in [6.45, 7) is 5.95. The molecule has 1 unspecified atom stereocenters. The summed E-state index contributed by atoms with van der Waals surface area (Å²) in [6.07, 6.45) is 10.9. The molecule has 2 atom stereocenters. The summed E-state index contributed by atoms with van der Waals surface area (Å²) in [5, 5.41) is 0. The highest BCUT2D eigenvalue weighted by Crippen LogP contribution is 2.27. The summed E-state index contributed by atoms with van der Waals surface area (Å²) < 4.78 is 5.35. The molecule has 1 nitrogen and oxygen atoms in total. The van der Waals surface area contributed by atoms with E-state index in [0.717, 1.165) is 0 Å². The van der Waals surface area contributed by atoms with Crippen molar-refractivity contribution in [3.8, 4) is 0 Å². The van der Waals surface area contributed by atoms with Gasteiger partial charge >= 0.3 is 0 Å². The molecule has 0 amide bonds. The van der Waals surface area contributed by atoms with E-state index in [-0.39, 0.29) is 0 Å². The molecule has 1 fully saturated rings. The van der Waals surface area contributed by atoms with Gasteiger partial charge in [0.15, 0.2) is 0 Å². The lowest BCUT2D eigenvalue weighted by Gasteiger charge is -1.96. The minimum atomic E-state index is 0.385. The Balaban J connectivity index is 1.81. The van der Waals surface area contributed by atoms with Crippen LogP contribution in [0.25, 0.3) is 0 Å². The lowest BCUT2D eigenvalue weighted by atomic mass is 10.1. The fourth-order valence-electron chi connectivity index (χ4n) is 1.55. The average Bonchev–Trinajstić information content (AvgIpc) is 2.83. The summed E-state index contributed by atoms with van der Waals surface area (Å²) in [5.74, 6) is 0. The van der Waals surface area contributed by atoms with E-state index in [0.29, 0.717) is 12.2 Å². The molecule has 70 valence electrons. The SMILES string of the molecule is C=C[C@@H]1OC1CCCCCCC. The van der Waals surface area contributed by atoms with Gasteiger partial charge in [0.05, 0.1) is 6.10 Å². The van der Waals surface area contributed by atoms with E-state index in [1.165, 1.54) is 38.5 Å². The first kappa shape index (κ1) is 9.79. The smallest absolute Gasteiger partial charge is 0.102 e. The molecule has 0 saturated carbocycles. The third-order valence-corrected chi connectivity index (χ3v) is 2.45. The van der Waals surface area contributed by atoms with Crippen LogP contribution in [0.3, 0.4) is 0 Å². The first-order valence-electron chi connectivity index (χ1n) is 5.16. The molecule has 0 N–H and O–H groups in total. The second kappa shape index (κ2) is 5.36. The summed E-state index contributed by atoms with van der Waals surface area (Å²) in [7, 11) is 0. The summed E-state index contributed by atoms with van der Waals surface area (Å²) in [4.78, 5) is 0. The lowest BCUT2D eigenvalue weighted by molar-refractivity contribution is 0.372. The fourth-order valence-corrected chi connectivity index (χ4v) is 1.55. The second-order valence-corrected chi connectivity index (χ2v) is 3.58. The van der Waals surface area contributed by atoms with Gasteiger partial charge in [-0.3, -0.25) is 0 Å². The van der Waals surface area contributed by atoms with Gasteiger partial charge in [0.1, 0.15) is 6.10 Å². The van der Waals surface area contributed by atoms with E-state index in [2.05, 4.69) is 13.5 Å². The van der Waals surface area contributed by atoms with Crippen LogP contribution in [0.15, 0.2) is 12.7 Å². The average molecular weight is 168 g/mol. The Kier molecular flexibility index (Phi) is 4.37. The van der Waals surface area contributed by atoms with Crippen molar-refractivity contribution in [1.29, 1.82) is 0 Å². The van der Waals surface area contributed by atoms with Gasteiger partial charge in [-0.1, -0.05) is 45.1 Å². The molecule has 0 radical (unpaired) electrons. The highest BCUT2D eigenvalue weighted by molar-refractivity contribution is 4.97. The summed E-state index contributed by atoms with van der Waals surface area (Å²) in [5.41, 5.74) is 0. The molecule has 0 bridgehead atoms. The van der Waals surface area contributed by atoms with Crippen LogP contribution in [0.2, 0.25) is 0 Å². The van der Waals surface area contributed by atoms with E-state index < -0.39 is 0 Å². The van der Waals surface area contributed by atoms with E-state index >= 15 is 0 Å². The first-order valence-corrected chi connectivity index (χ1v) is 5.16. The van der Waals surface area contributed by atoms with Crippen molar-refractivity contribution in [1.82, 2.24) is 0 Å². The molecule has 0 aromatic rings. The molecule has 0 aliphatic carbocycles. The maximum atomic E-state index is 5.35. The highest BCUT2D eigenvalue weighted by atomic mass is 16.6. The third-order valence-electron chi connectivity index (χ3n) is 2.45. The summed E-state index contributed by atoms with van der Waals surface area (Å²) >= 11 is 0. The zero-order chi connectivity index (χ0) is 8.81. The fraction of sp³-hybridized carbons (Fsp3) is 0.818. The molecule has 0 spiro atoms. The van der Waals surface area contributed by atoms with Crippen LogP contribution in [-0.4, -0.2) is 12.2 Å². The first-order chi connectivity index (χ1) is 5.88. The van der Waals surface area contributed by atoms with E-state index in [9.17, 15) is 0 Å². The maximum Gasteiger partial charge on any atom is 0.102 e. The van der Waals surface area contributed by atoms with E-state index in [1.54, 1.807) is 0 Å². The monoisotopic (exact) mass is 168 g/mol. The molecule has 1 heterocycles. The van der Waals surface area contributed by atoms with Gasteiger partial charge in [-0.05, 0) is 6.42 Å². The normalized spacial score (nSPS) is 27.1. The molecule has 0 aromatic carbocycles. The van der Waals surface area contributed by atoms with E-state index in [4.69, 9.17) is 4.74 Å². The Morgan fingerprint density at radius 2 is 2.00 bits per heavy atom. The minimum absolute atomic E-state index is 0.385. The Bertz CT molecular complexity index is 131. The lowest BCUT2D eigenvalue weighted by Crippen LogP contribution is -1.90. The molecule has 12 heavy (non-hydrogen) atoms. The predicted molar refractivity (Wildman–Crippen MR) is 52.2 cm³/mol. The second-order valence-electron chi connectivity index (χ2n) is 3.58. The van der Waals surface area contributed by atoms with Crippen molar-refractivity contribution in [3.05, 3.63) is 12.7 Å². The van der Waals surface area contributed by atoms with Crippen LogP contribution in [0.5, 0.6) is 0 Å². The standard InChI is InChI=1S/C11H20O/c1-3-5-6-7-8-9-11-10(4-2)12-11/h4,10-11H,2-3,5-9H2,1H3/t10-,11?/m0/s1. The molecular formula is C11H20O. The molecular weight excluding hydrogens is 148 g/mol. The van der Waals surface area contributed by atoms with Crippen molar-refractivity contribution in [2.75, 3.05) is 0 Å². The molecule has 0 aromatic heterocycles. The van der Waals surface area contributed by atoms with Gasteiger partial charge in [-0.25, -0.2) is 0 Å². The zero-order valence-electron chi connectivity index (χ0n) is 8.09. The van der Waals surface area contributed by atoms with Gasteiger partial charge < -0.3 is 4.74 Å². The Hall–Kier alpha value is -0.300. The Labute approximate surface area is 75.8 Å². The van der Waals surface area contributed by atoms with Crippen molar-refractivity contribution in [2.24, 2.45) is 0 Å². The molecule has 1 aliphatic heterocycles. The molecule has 1 heteroatoms. The predicted octanol–water partition coefficient (Wildman–Crippen LogP) is 3.30. The number of rotatable bonds is 7. The summed E-state index contributed by atoms with van der Waals surface area (Å²) in [6, 6.07) is 0. The van der Waals surface area contributed by atoms with Crippen LogP contribution in [0.1, 0.15) is 45.4 Å². The van der Waals surface area contributed by atoms with Gasteiger partial charge in [-0.15, -0.1) is 6.58 Å². The Morgan fingerprint density at radius 1 is 1.25 bits per heavy atom. The van der Waals surface area contributed by atoms with Crippen molar-refractivity contribution >= 4 is 0 Å². The number of hydrogen-bond donors (Lipinski definition) is 0. The van der Waals surface area contributed by atoms with Crippen molar-refractivity contribution < 1.29 is 4.74 Å². The van der Waals surface area contributed by atoms with Crippen molar-refractivity contribution in [2.45, 2.75) is 57.7 Å². The maximum absolute atomic E-state index is 5.35. The molecule has 1 saturated heterocycles. The van der Waals surface area contributed by atoms with Gasteiger partial charge in [0.25, 0.3) is 0 Å². The number of hydrogen-bond acceptors (Lipinski definition) is 1. The molecule has 1 aliphatic rings. The van der Waals surface area contributed by atoms with Gasteiger partial charge in [-0.2, -0.15) is 0 Å². The van der Waals surface area contributed by atoms with Gasteiger partial charge in [0, 0.05) is 0 Å². The largest absolute Gasteiger partial charge is 0.365 e. The highest BCUT2D eigenvalue weighted by Gasteiger charge is 2.34. The number of epoxide rings is 1. The van der Waals surface area contributed by atoms with E-state index in [1.807, 2.05) is 6.08 Å². The number of unbranched alkanes of at least 4 members (excludes halogenated alkanes) is 4. The zero-order valence-corrected chi connectivity index (χ0v) is 8.09. The van der Waals surface area contributed by atoms with Gasteiger partial charge in [0.2, 0.25) is 0 Å². The third kappa shape index (κ3) is 3.40. The van der Waals surface area contributed by atoms with Crippen LogP contribution in [-0.2, 0) is 4.74 Å². The Morgan fingerprint density at radius 3 is 2.58 bits per heavy atom. The molecule has 1 rings (SSSR count). The quantitative estimate of drug-likeness (QED) is 0.323. The topological polar surface area (TPSA) is 12.5 Å². The van der Waals surface area contributed by atoms with Crippen LogP contribution in [0.4, 0.5) is 0 Å². The minimum Gasteiger partial charge on any atom is -0.365 e. The van der Waals surface area contributed by atoms with Crippen LogP contribution >= 0.6 is 0 Å².